The van der Waals surface area contributed by atoms with Crippen LogP contribution in [0.2, 0.25) is 0 Å². The Hall–Kier alpha value is -1.81. The largest absolute Gasteiger partial charge is 0.292 e. The Kier molecular flexibility index (Phi) is 4.55. The van der Waals surface area contributed by atoms with E-state index in [0.29, 0.717) is 6.04 Å². The van der Waals surface area contributed by atoms with Gasteiger partial charge in [-0.05, 0) is 31.0 Å². The van der Waals surface area contributed by atoms with Crippen molar-refractivity contribution in [2.45, 2.75) is 45.2 Å². The lowest BCUT2D eigenvalue weighted by Crippen LogP contribution is -2.33. The summed E-state index contributed by atoms with van der Waals surface area (Å²) < 4.78 is 0. The number of piperidine rings is 1. The van der Waals surface area contributed by atoms with Crippen molar-refractivity contribution in [1.82, 2.24) is 19.9 Å². The van der Waals surface area contributed by atoms with E-state index in [0.717, 1.165) is 25.3 Å². The van der Waals surface area contributed by atoms with Gasteiger partial charge in [0.1, 0.15) is 5.82 Å². The summed E-state index contributed by atoms with van der Waals surface area (Å²) in [5.41, 5.74) is 2.52. The number of likely N-dealkylation sites (tertiary alicyclic amines) is 1. The van der Waals surface area contributed by atoms with E-state index in [1.165, 1.54) is 30.4 Å². The molecule has 1 aliphatic heterocycles. The molecule has 1 saturated heterocycles. The standard InChI is InChI=1S/C17H22N4/c1-2-17-19-10-14(11-20-17)13-21-9-4-3-7-16(21)15-6-5-8-18-12-15/h5-6,8,10-12,16H,2-4,7,9,13H2,1H3/t16-/m0/s1. The van der Waals surface area contributed by atoms with E-state index in [4.69, 9.17) is 0 Å². The molecular formula is C17H22N4. The summed E-state index contributed by atoms with van der Waals surface area (Å²) in [7, 11) is 0. The average Bonchev–Trinajstić information content (AvgIpc) is 2.57. The smallest absolute Gasteiger partial charge is 0.127 e. The minimum atomic E-state index is 0.471. The van der Waals surface area contributed by atoms with Gasteiger partial charge in [-0.3, -0.25) is 9.88 Å². The van der Waals surface area contributed by atoms with E-state index >= 15 is 0 Å². The maximum Gasteiger partial charge on any atom is 0.127 e. The molecule has 0 bridgehead atoms. The number of aryl methyl sites for hydroxylation is 1. The Morgan fingerprint density at radius 1 is 1.19 bits per heavy atom. The minimum absolute atomic E-state index is 0.471. The van der Waals surface area contributed by atoms with Gasteiger partial charge in [-0.1, -0.05) is 19.4 Å². The SMILES string of the molecule is CCc1ncc(CN2CCCC[C@H]2c2cccnc2)cn1. The van der Waals surface area contributed by atoms with Gasteiger partial charge in [0.2, 0.25) is 0 Å². The highest BCUT2D eigenvalue weighted by molar-refractivity contribution is 5.16. The topological polar surface area (TPSA) is 41.9 Å². The zero-order valence-electron chi connectivity index (χ0n) is 12.6. The predicted octanol–water partition coefficient (Wildman–Crippen LogP) is 3.16. The van der Waals surface area contributed by atoms with Crippen LogP contribution in [0.1, 0.15) is 49.2 Å². The molecule has 110 valence electrons. The third kappa shape index (κ3) is 3.45. The lowest BCUT2D eigenvalue weighted by Gasteiger charge is -2.35. The van der Waals surface area contributed by atoms with Gasteiger partial charge in [0.05, 0.1) is 0 Å². The number of pyridine rings is 1. The van der Waals surface area contributed by atoms with E-state index in [2.05, 4.69) is 32.8 Å². The molecule has 21 heavy (non-hydrogen) atoms. The fourth-order valence-corrected chi connectivity index (χ4v) is 3.01. The van der Waals surface area contributed by atoms with Crippen molar-refractivity contribution < 1.29 is 0 Å². The summed E-state index contributed by atoms with van der Waals surface area (Å²) in [6, 6.07) is 4.69. The van der Waals surface area contributed by atoms with E-state index in [9.17, 15) is 0 Å². The fraction of sp³-hybridized carbons (Fsp3) is 0.471. The predicted molar refractivity (Wildman–Crippen MR) is 82.6 cm³/mol. The number of aromatic nitrogens is 3. The first kappa shape index (κ1) is 14.1. The Labute approximate surface area is 126 Å². The second-order valence-corrected chi connectivity index (χ2v) is 5.63. The van der Waals surface area contributed by atoms with Gasteiger partial charge in [0, 0.05) is 49.4 Å². The van der Waals surface area contributed by atoms with Crippen molar-refractivity contribution in [3.05, 3.63) is 53.9 Å². The van der Waals surface area contributed by atoms with E-state index < -0.39 is 0 Å². The van der Waals surface area contributed by atoms with Crippen molar-refractivity contribution >= 4 is 0 Å². The quantitative estimate of drug-likeness (QED) is 0.864. The van der Waals surface area contributed by atoms with E-state index in [1.54, 1.807) is 0 Å². The molecule has 0 unspecified atom stereocenters. The van der Waals surface area contributed by atoms with Crippen LogP contribution in [0.5, 0.6) is 0 Å². The molecule has 0 spiro atoms. The summed E-state index contributed by atoms with van der Waals surface area (Å²) >= 11 is 0. The van der Waals surface area contributed by atoms with Gasteiger partial charge in [0.25, 0.3) is 0 Å². The van der Waals surface area contributed by atoms with E-state index in [1.807, 2.05) is 30.9 Å². The molecule has 0 aromatic carbocycles. The molecule has 4 nitrogen and oxygen atoms in total. The third-order valence-corrected chi connectivity index (χ3v) is 4.14. The Bertz CT molecular complexity index is 553. The molecule has 0 amide bonds. The van der Waals surface area contributed by atoms with Crippen molar-refractivity contribution in [3.63, 3.8) is 0 Å². The van der Waals surface area contributed by atoms with Crippen molar-refractivity contribution in [3.8, 4) is 0 Å². The van der Waals surface area contributed by atoms with Gasteiger partial charge in [0.15, 0.2) is 0 Å². The molecule has 2 aromatic rings. The fourth-order valence-electron chi connectivity index (χ4n) is 3.01. The van der Waals surface area contributed by atoms with Crippen LogP contribution < -0.4 is 0 Å². The molecule has 2 aromatic heterocycles. The van der Waals surface area contributed by atoms with Gasteiger partial charge in [-0.2, -0.15) is 0 Å². The van der Waals surface area contributed by atoms with Gasteiger partial charge >= 0.3 is 0 Å². The van der Waals surface area contributed by atoms with Crippen molar-refractivity contribution in [2.24, 2.45) is 0 Å². The minimum Gasteiger partial charge on any atom is -0.292 e. The summed E-state index contributed by atoms with van der Waals surface area (Å²) in [6.45, 7) is 4.14. The van der Waals surface area contributed by atoms with Crippen LogP contribution in [0.25, 0.3) is 0 Å². The maximum absolute atomic E-state index is 4.41. The highest BCUT2D eigenvalue weighted by Gasteiger charge is 2.24. The maximum atomic E-state index is 4.41. The Morgan fingerprint density at radius 2 is 2.05 bits per heavy atom. The molecule has 0 N–H and O–H groups in total. The van der Waals surface area contributed by atoms with Gasteiger partial charge < -0.3 is 0 Å². The molecule has 0 radical (unpaired) electrons. The first-order valence-electron chi connectivity index (χ1n) is 7.80. The summed E-state index contributed by atoms with van der Waals surface area (Å²) in [4.78, 5) is 15.6. The number of hydrogen-bond acceptors (Lipinski definition) is 4. The van der Waals surface area contributed by atoms with Gasteiger partial charge in [-0.25, -0.2) is 9.97 Å². The van der Waals surface area contributed by atoms with Gasteiger partial charge in [-0.15, -0.1) is 0 Å². The van der Waals surface area contributed by atoms with Crippen LogP contribution >= 0.6 is 0 Å². The molecule has 3 rings (SSSR count). The molecule has 3 heterocycles. The van der Waals surface area contributed by atoms with Crippen LogP contribution in [0.4, 0.5) is 0 Å². The molecule has 0 aliphatic carbocycles. The molecule has 1 fully saturated rings. The molecular weight excluding hydrogens is 260 g/mol. The average molecular weight is 282 g/mol. The van der Waals surface area contributed by atoms with Crippen LogP contribution in [-0.2, 0) is 13.0 Å². The normalized spacial score (nSPS) is 19.6. The highest BCUT2D eigenvalue weighted by atomic mass is 15.2. The summed E-state index contributed by atoms with van der Waals surface area (Å²) in [5, 5.41) is 0. The lowest BCUT2D eigenvalue weighted by molar-refractivity contribution is 0.140. The highest BCUT2D eigenvalue weighted by Crippen LogP contribution is 2.31. The third-order valence-electron chi connectivity index (χ3n) is 4.14. The molecule has 1 aliphatic rings. The first-order chi connectivity index (χ1) is 10.4. The molecule has 4 heteroatoms. The first-order valence-corrected chi connectivity index (χ1v) is 7.80. The van der Waals surface area contributed by atoms with Crippen LogP contribution in [0, 0.1) is 0 Å². The lowest BCUT2D eigenvalue weighted by atomic mass is 9.96. The Balaban J connectivity index is 1.75. The zero-order chi connectivity index (χ0) is 14.5. The van der Waals surface area contributed by atoms with Crippen molar-refractivity contribution in [2.75, 3.05) is 6.54 Å². The van der Waals surface area contributed by atoms with Crippen molar-refractivity contribution in [1.29, 1.82) is 0 Å². The summed E-state index contributed by atoms with van der Waals surface area (Å²) in [6.07, 6.45) is 12.4. The number of rotatable bonds is 4. The molecule has 0 saturated carbocycles. The molecule has 1 atom stereocenters. The zero-order valence-corrected chi connectivity index (χ0v) is 12.6. The number of hydrogen-bond donors (Lipinski definition) is 0. The second-order valence-electron chi connectivity index (χ2n) is 5.63. The second kappa shape index (κ2) is 6.76. The van der Waals surface area contributed by atoms with Crippen LogP contribution in [-0.4, -0.2) is 26.4 Å². The number of nitrogens with zero attached hydrogens (tertiary/aromatic N) is 4. The van der Waals surface area contributed by atoms with Crippen LogP contribution in [0.15, 0.2) is 36.9 Å². The Morgan fingerprint density at radius 3 is 2.76 bits per heavy atom. The van der Waals surface area contributed by atoms with E-state index in [-0.39, 0.29) is 0 Å². The monoisotopic (exact) mass is 282 g/mol. The van der Waals surface area contributed by atoms with Crippen LogP contribution in [0.3, 0.4) is 0 Å². The summed E-state index contributed by atoms with van der Waals surface area (Å²) in [5.74, 6) is 0.918.